The van der Waals surface area contributed by atoms with Crippen LogP contribution in [-0.4, -0.2) is 32.2 Å². The van der Waals surface area contributed by atoms with Gasteiger partial charge in [-0.05, 0) is 72.6 Å². The standard InChI is InChI=1S/C20H24N2O3.C12H18N2O.2CH4/c1-19(2)14-10-11-20(19,3)16-15(14)17(23)22(21(16)4)13-8-6-12(7-9-13)18(24)25-5;1-11(2)7-5-6-12(11,3)9-8(7)10(15)13-14(9)4;;/h6-9,14H,10-11H2,1-5H3;7H,5-6H2,1-4H3,(H,13,15);2*1H4/t14-,20+;7-,12+;;/m11../s1. The van der Waals surface area contributed by atoms with Gasteiger partial charge in [0.15, 0.2) is 0 Å². The Bertz CT molecular complexity index is 1660. The summed E-state index contributed by atoms with van der Waals surface area (Å²) in [6.45, 7) is 13.8. The molecule has 3 aromatic rings. The lowest BCUT2D eigenvalue weighted by atomic mass is 9.70. The molecule has 0 unspecified atom stereocenters. The lowest BCUT2D eigenvalue weighted by Crippen LogP contribution is -2.35. The number of aromatic amines is 1. The average molecular weight is 579 g/mol. The van der Waals surface area contributed by atoms with Gasteiger partial charge in [0, 0.05) is 41.7 Å². The van der Waals surface area contributed by atoms with Gasteiger partial charge < -0.3 is 4.74 Å². The fourth-order valence-electron chi connectivity index (χ4n) is 9.15. The lowest BCUT2D eigenvalue weighted by Gasteiger charge is -2.36. The van der Waals surface area contributed by atoms with Crippen LogP contribution in [0.15, 0.2) is 33.9 Å². The Hall–Kier alpha value is -3.29. The summed E-state index contributed by atoms with van der Waals surface area (Å²) >= 11 is 0. The molecule has 4 aliphatic carbocycles. The zero-order chi connectivity index (χ0) is 29.2. The number of hydrogen-bond acceptors (Lipinski definition) is 4. The first-order chi connectivity index (χ1) is 18.6. The number of H-pyrrole nitrogens is 1. The van der Waals surface area contributed by atoms with Crippen molar-refractivity contribution in [2.75, 3.05) is 7.11 Å². The van der Waals surface area contributed by atoms with Crippen molar-refractivity contribution >= 4 is 5.97 Å². The Morgan fingerprint density at radius 1 is 0.833 bits per heavy atom. The number of carbonyl (C=O) groups excluding carboxylic acids is 1. The van der Waals surface area contributed by atoms with E-state index in [0.29, 0.717) is 17.4 Å². The normalized spacial score (nSPS) is 28.2. The topological polar surface area (TPSA) is 91.0 Å². The monoisotopic (exact) mass is 578 g/mol. The number of rotatable bonds is 2. The summed E-state index contributed by atoms with van der Waals surface area (Å²) in [5.41, 5.74) is 6.51. The van der Waals surface area contributed by atoms with Gasteiger partial charge in [-0.1, -0.05) is 56.4 Å². The smallest absolute Gasteiger partial charge is 0.337 e. The fraction of sp³-hybridized carbons (Fsp3) is 0.618. The Morgan fingerprint density at radius 2 is 1.33 bits per heavy atom. The van der Waals surface area contributed by atoms with Crippen molar-refractivity contribution in [1.82, 2.24) is 19.1 Å². The number of nitrogens with zero attached hydrogens (tertiary/aromatic N) is 3. The number of aryl methyl sites for hydroxylation is 1. The number of aromatic nitrogens is 4. The van der Waals surface area contributed by atoms with E-state index in [4.69, 9.17) is 4.74 Å². The SMILES string of the molecule is C.C.COC(=O)c1ccc(-n2c(=O)c3c(n2C)[C@]2(C)CC[C@H]3C2(C)C)cc1.Cn1[nH]c(=O)c2c1[C@]1(C)CC[C@H]2C1(C)C. The van der Waals surface area contributed by atoms with Crippen molar-refractivity contribution in [1.29, 1.82) is 0 Å². The van der Waals surface area contributed by atoms with Crippen LogP contribution in [0, 0.1) is 10.8 Å². The second-order valence-corrected chi connectivity index (χ2v) is 14.0. The number of methoxy groups -OCH3 is 1. The van der Waals surface area contributed by atoms with Gasteiger partial charge in [-0.25, -0.2) is 9.48 Å². The molecule has 8 nitrogen and oxygen atoms in total. The third-order valence-electron chi connectivity index (χ3n) is 12.1. The molecule has 8 heteroatoms. The fourth-order valence-corrected chi connectivity index (χ4v) is 9.15. The Kier molecular flexibility index (Phi) is 7.24. The molecule has 1 N–H and O–H groups in total. The van der Waals surface area contributed by atoms with Crippen LogP contribution in [0.5, 0.6) is 0 Å². The third kappa shape index (κ3) is 3.56. The molecule has 0 radical (unpaired) electrons. The van der Waals surface area contributed by atoms with E-state index in [1.807, 2.05) is 23.5 Å². The largest absolute Gasteiger partial charge is 0.465 e. The highest BCUT2D eigenvalue weighted by molar-refractivity contribution is 5.89. The summed E-state index contributed by atoms with van der Waals surface area (Å²) in [4.78, 5) is 36.7. The minimum atomic E-state index is -0.374. The van der Waals surface area contributed by atoms with E-state index in [1.54, 1.807) is 28.9 Å². The number of fused-ring (bicyclic) bond motifs is 10. The predicted octanol–water partition coefficient (Wildman–Crippen LogP) is 6.30. The number of esters is 1. The maximum atomic E-state index is 13.2. The van der Waals surface area contributed by atoms with E-state index in [1.165, 1.54) is 31.3 Å². The van der Waals surface area contributed by atoms with Crippen LogP contribution in [0.4, 0.5) is 0 Å². The van der Waals surface area contributed by atoms with E-state index in [-0.39, 0.29) is 53.6 Å². The molecule has 2 aromatic heterocycles. The van der Waals surface area contributed by atoms with Crippen molar-refractivity contribution in [3.05, 3.63) is 73.1 Å². The molecule has 2 heterocycles. The van der Waals surface area contributed by atoms with Crippen LogP contribution >= 0.6 is 0 Å². The highest BCUT2D eigenvalue weighted by Gasteiger charge is 2.63. The van der Waals surface area contributed by atoms with Crippen molar-refractivity contribution in [2.24, 2.45) is 24.9 Å². The van der Waals surface area contributed by atoms with E-state index in [0.717, 1.165) is 29.7 Å². The van der Waals surface area contributed by atoms with Crippen LogP contribution in [0.3, 0.4) is 0 Å². The van der Waals surface area contributed by atoms with Gasteiger partial charge in [0.1, 0.15) is 0 Å². The molecular weight excluding hydrogens is 528 g/mol. The van der Waals surface area contributed by atoms with E-state index >= 15 is 0 Å². The third-order valence-corrected chi connectivity index (χ3v) is 12.1. The number of carbonyl (C=O) groups is 1. The van der Waals surface area contributed by atoms with Crippen LogP contribution in [0.25, 0.3) is 5.69 Å². The summed E-state index contributed by atoms with van der Waals surface area (Å²) in [5, 5.41) is 2.90. The lowest BCUT2D eigenvalue weighted by molar-refractivity contribution is 0.0600. The highest BCUT2D eigenvalue weighted by atomic mass is 16.5. The number of hydrogen-bond donors (Lipinski definition) is 1. The molecule has 2 saturated carbocycles. The zero-order valence-electron chi connectivity index (χ0n) is 25.3. The van der Waals surface area contributed by atoms with Crippen molar-refractivity contribution in [3.63, 3.8) is 0 Å². The molecule has 0 saturated heterocycles. The molecule has 1 aromatic carbocycles. The second kappa shape index (κ2) is 9.61. The van der Waals surface area contributed by atoms with Gasteiger partial charge in [-0.15, -0.1) is 0 Å². The molecule has 0 amide bonds. The Balaban J connectivity index is 0.000000205. The number of nitrogens with one attached hydrogen (secondary N) is 1. The van der Waals surface area contributed by atoms with Gasteiger partial charge in [0.25, 0.3) is 11.1 Å². The first-order valence-corrected chi connectivity index (χ1v) is 14.4. The van der Waals surface area contributed by atoms with Crippen molar-refractivity contribution < 1.29 is 9.53 Å². The molecule has 7 rings (SSSR count). The number of ether oxygens (including phenoxy) is 1. The molecule has 0 aliphatic heterocycles. The molecular formula is C34H50N4O4. The molecule has 4 bridgehead atoms. The molecule has 4 aliphatic rings. The Morgan fingerprint density at radius 3 is 1.81 bits per heavy atom. The summed E-state index contributed by atoms with van der Waals surface area (Å²) < 4.78 is 10.4. The zero-order valence-corrected chi connectivity index (χ0v) is 25.3. The van der Waals surface area contributed by atoms with Gasteiger partial charge in [-0.3, -0.25) is 24.1 Å². The van der Waals surface area contributed by atoms with Crippen LogP contribution in [0.1, 0.15) is 127 Å². The highest BCUT2D eigenvalue weighted by Crippen LogP contribution is 2.67. The quantitative estimate of drug-likeness (QED) is 0.362. The molecule has 4 atom stereocenters. The van der Waals surface area contributed by atoms with Crippen LogP contribution in [-0.2, 0) is 29.7 Å². The van der Waals surface area contributed by atoms with E-state index in [2.05, 4.69) is 46.6 Å². The van der Waals surface area contributed by atoms with Gasteiger partial charge in [-0.2, -0.15) is 0 Å². The maximum absolute atomic E-state index is 13.2. The summed E-state index contributed by atoms with van der Waals surface area (Å²) in [7, 11) is 5.29. The first-order valence-electron chi connectivity index (χ1n) is 14.4. The predicted molar refractivity (Wildman–Crippen MR) is 168 cm³/mol. The van der Waals surface area contributed by atoms with E-state index in [9.17, 15) is 14.4 Å². The van der Waals surface area contributed by atoms with Crippen molar-refractivity contribution in [3.8, 4) is 5.69 Å². The van der Waals surface area contributed by atoms with Gasteiger partial charge in [0.2, 0.25) is 0 Å². The van der Waals surface area contributed by atoms with Crippen molar-refractivity contribution in [2.45, 2.75) is 105 Å². The average Bonchev–Trinajstić information content (AvgIpc) is 3.60. The minimum Gasteiger partial charge on any atom is -0.465 e. The van der Waals surface area contributed by atoms with E-state index < -0.39 is 0 Å². The summed E-state index contributed by atoms with van der Waals surface area (Å²) in [6, 6.07) is 7.01. The summed E-state index contributed by atoms with van der Waals surface area (Å²) in [5.74, 6) is 0.407. The molecule has 230 valence electrons. The first kappa shape index (κ1) is 31.6. The minimum absolute atomic E-state index is 0. The second-order valence-electron chi connectivity index (χ2n) is 14.0. The molecule has 0 spiro atoms. The van der Waals surface area contributed by atoms with Crippen LogP contribution < -0.4 is 11.1 Å². The Labute approximate surface area is 250 Å². The van der Waals surface area contributed by atoms with Gasteiger partial charge >= 0.3 is 5.97 Å². The number of benzene rings is 1. The summed E-state index contributed by atoms with van der Waals surface area (Å²) in [6.07, 6.45) is 4.58. The van der Waals surface area contributed by atoms with Gasteiger partial charge in [0.05, 0.1) is 24.1 Å². The molecule has 42 heavy (non-hydrogen) atoms. The maximum Gasteiger partial charge on any atom is 0.337 e. The van der Waals surface area contributed by atoms with Crippen LogP contribution in [0.2, 0.25) is 0 Å². The molecule has 2 fully saturated rings.